The lowest BCUT2D eigenvalue weighted by Crippen LogP contribution is -2.22. The average molecular weight is 344 g/mol. The first-order valence-electron chi connectivity index (χ1n) is 6.54. The van der Waals surface area contributed by atoms with Crippen molar-refractivity contribution in [1.29, 1.82) is 0 Å². The van der Waals surface area contributed by atoms with Crippen molar-refractivity contribution in [2.24, 2.45) is 0 Å². The Bertz CT molecular complexity index is 786. The van der Waals surface area contributed by atoms with Gasteiger partial charge in [0.25, 0.3) is 11.2 Å². The van der Waals surface area contributed by atoms with Gasteiger partial charge in [0.05, 0.1) is 23.8 Å². The lowest BCUT2D eigenvalue weighted by atomic mass is 10.1. The highest BCUT2D eigenvalue weighted by atomic mass is 19.4. The van der Waals surface area contributed by atoms with Crippen LogP contribution in [-0.2, 0) is 6.54 Å². The van der Waals surface area contributed by atoms with Crippen molar-refractivity contribution >= 4 is 5.69 Å². The first-order valence-corrected chi connectivity index (χ1v) is 6.54. The number of halogens is 3. The van der Waals surface area contributed by atoms with Gasteiger partial charge in [0.1, 0.15) is 5.75 Å². The molecular formula is C14H11F3N2O5. The number of ether oxygens (including phenoxy) is 1. The van der Waals surface area contributed by atoms with Gasteiger partial charge in [-0.15, -0.1) is 13.2 Å². The monoisotopic (exact) mass is 344 g/mol. The Balaban J connectivity index is 2.15. The fraction of sp³-hybridized carbons (Fsp3) is 0.214. The van der Waals surface area contributed by atoms with Crippen LogP contribution in [0.2, 0.25) is 0 Å². The summed E-state index contributed by atoms with van der Waals surface area (Å²) in [5.74, 6) is -0.453. The molecule has 0 unspecified atom stereocenters. The summed E-state index contributed by atoms with van der Waals surface area (Å²) in [5.41, 5.74) is -0.657. The van der Waals surface area contributed by atoms with Crippen LogP contribution in [0.5, 0.6) is 5.75 Å². The Morgan fingerprint density at radius 2 is 1.83 bits per heavy atom. The van der Waals surface area contributed by atoms with E-state index in [2.05, 4.69) is 4.74 Å². The number of hydrogen-bond acceptors (Lipinski definition) is 5. The number of alkyl halides is 3. The number of nitrogens with zero attached hydrogens (tertiary/aromatic N) is 2. The van der Waals surface area contributed by atoms with Crippen LogP contribution in [0.25, 0.3) is 0 Å². The summed E-state index contributed by atoms with van der Waals surface area (Å²) in [6, 6.07) is 6.46. The van der Waals surface area contributed by atoms with Crippen molar-refractivity contribution in [3.05, 3.63) is 68.6 Å². The van der Waals surface area contributed by atoms with Crippen molar-refractivity contribution in [3.8, 4) is 5.75 Å². The number of nitro groups is 1. The summed E-state index contributed by atoms with van der Waals surface area (Å²) >= 11 is 0. The first-order chi connectivity index (χ1) is 11.2. The number of aliphatic hydroxyl groups is 1. The highest BCUT2D eigenvalue weighted by Gasteiger charge is 2.31. The standard InChI is InChI=1S/C14H11F3N2O5/c15-14(16,17)24-11-4-1-9(2-5-11)12(20)8-18-7-10(19(22)23)3-6-13(18)21/h1-7,12,20H,8H2/t12-/m1/s1. The molecule has 1 aromatic heterocycles. The molecule has 0 radical (unpaired) electrons. The molecule has 1 N–H and O–H groups in total. The van der Waals surface area contributed by atoms with Gasteiger partial charge in [-0.25, -0.2) is 0 Å². The molecule has 1 heterocycles. The molecule has 10 heteroatoms. The summed E-state index contributed by atoms with van der Waals surface area (Å²) < 4.78 is 40.9. The van der Waals surface area contributed by atoms with Crippen LogP contribution in [0.4, 0.5) is 18.9 Å². The number of rotatable bonds is 5. The second kappa shape index (κ2) is 6.71. The van der Waals surface area contributed by atoms with Gasteiger partial charge in [0, 0.05) is 12.1 Å². The van der Waals surface area contributed by atoms with E-state index in [0.717, 1.165) is 35.0 Å². The third-order valence-electron chi connectivity index (χ3n) is 3.05. The largest absolute Gasteiger partial charge is 0.573 e. The van der Waals surface area contributed by atoms with Gasteiger partial charge < -0.3 is 14.4 Å². The SMILES string of the molecule is O=c1ccc([N+](=O)[O-])cn1C[C@@H](O)c1ccc(OC(F)(F)F)cc1. The molecule has 0 aliphatic rings. The summed E-state index contributed by atoms with van der Waals surface area (Å²) in [6.07, 6.45) is -5.09. The molecule has 0 bridgehead atoms. The number of benzene rings is 1. The minimum Gasteiger partial charge on any atom is -0.406 e. The van der Waals surface area contributed by atoms with Gasteiger partial charge in [0.15, 0.2) is 0 Å². The van der Waals surface area contributed by atoms with Crippen molar-refractivity contribution < 1.29 is 27.9 Å². The van der Waals surface area contributed by atoms with E-state index >= 15 is 0 Å². The van der Waals surface area contributed by atoms with Crippen molar-refractivity contribution in [2.75, 3.05) is 0 Å². The van der Waals surface area contributed by atoms with E-state index in [4.69, 9.17) is 0 Å². The summed E-state index contributed by atoms with van der Waals surface area (Å²) in [5, 5.41) is 20.8. The zero-order valence-corrected chi connectivity index (χ0v) is 11.9. The molecule has 0 saturated heterocycles. The molecule has 128 valence electrons. The van der Waals surface area contributed by atoms with Crippen LogP contribution in [0.1, 0.15) is 11.7 Å². The van der Waals surface area contributed by atoms with Crippen LogP contribution >= 0.6 is 0 Å². The third kappa shape index (κ3) is 4.56. The molecule has 2 rings (SSSR count). The van der Waals surface area contributed by atoms with Crippen LogP contribution in [0.3, 0.4) is 0 Å². The second-order valence-electron chi connectivity index (χ2n) is 4.77. The van der Waals surface area contributed by atoms with E-state index in [1.807, 2.05) is 0 Å². The maximum Gasteiger partial charge on any atom is 0.573 e. The molecule has 0 aliphatic heterocycles. The molecule has 0 aliphatic carbocycles. The van der Waals surface area contributed by atoms with Crippen molar-refractivity contribution in [3.63, 3.8) is 0 Å². The van der Waals surface area contributed by atoms with Crippen LogP contribution in [0.15, 0.2) is 47.4 Å². The van der Waals surface area contributed by atoms with Gasteiger partial charge >= 0.3 is 6.36 Å². The van der Waals surface area contributed by atoms with Crippen LogP contribution < -0.4 is 10.3 Å². The summed E-state index contributed by atoms with van der Waals surface area (Å²) in [7, 11) is 0. The molecule has 7 nitrogen and oxygen atoms in total. The first kappa shape index (κ1) is 17.5. The van der Waals surface area contributed by atoms with E-state index in [9.17, 15) is 33.2 Å². The average Bonchev–Trinajstić information content (AvgIpc) is 2.48. The van der Waals surface area contributed by atoms with Crippen LogP contribution in [-0.4, -0.2) is 21.0 Å². The number of aromatic nitrogens is 1. The van der Waals surface area contributed by atoms with Gasteiger partial charge in [-0.05, 0) is 17.7 Å². The Hall–Kier alpha value is -2.88. The molecule has 0 spiro atoms. The third-order valence-corrected chi connectivity index (χ3v) is 3.05. The van der Waals surface area contributed by atoms with E-state index < -0.39 is 28.7 Å². The minimum absolute atomic E-state index is 0.225. The second-order valence-corrected chi connectivity index (χ2v) is 4.77. The predicted molar refractivity (Wildman–Crippen MR) is 75.4 cm³/mol. The number of hydrogen-bond donors (Lipinski definition) is 1. The molecule has 2 aromatic rings. The van der Waals surface area contributed by atoms with E-state index in [1.165, 1.54) is 12.1 Å². The molecule has 24 heavy (non-hydrogen) atoms. The van der Waals surface area contributed by atoms with E-state index in [-0.39, 0.29) is 17.8 Å². The quantitative estimate of drug-likeness (QED) is 0.664. The van der Waals surface area contributed by atoms with Gasteiger partial charge in [0.2, 0.25) is 0 Å². The smallest absolute Gasteiger partial charge is 0.406 e. The molecule has 0 saturated carbocycles. The molecular weight excluding hydrogens is 333 g/mol. The lowest BCUT2D eigenvalue weighted by molar-refractivity contribution is -0.385. The zero-order chi connectivity index (χ0) is 17.9. The fourth-order valence-electron chi connectivity index (χ4n) is 1.95. The lowest BCUT2D eigenvalue weighted by Gasteiger charge is -2.14. The normalized spacial score (nSPS) is 12.7. The zero-order valence-electron chi connectivity index (χ0n) is 11.9. The topological polar surface area (TPSA) is 94.6 Å². The molecule has 0 amide bonds. The summed E-state index contributed by atoms with van der Waals surface area (Å²) in [6.45, 7) is -0.292. The van der Waals surface area contributed by atoms with Crippen molar-refractivity contribution in [2.45, 2.75) is 19.0 Å². The number of pyridine rings is 1. The molecule has 1 atom stereocenters. The van der Waals surface area contributed by atoms with Gasteiger partial charge in [-0.1, -0.05) is 12.1 Å². The predicted octanol–water partition coefficient (Wildman–Crippen LogP) is 2.39. The fourth-order valence-corrected chi connectivity index (χ4v) is 1.95. The molecule has 0 fully saturated rings. The van der Waals surface area contributed by atoms with E-state index in [1.54, 1.807) is 0 Å². The molecule has 1 aromatic carbocycles. The van der Waals surface area contributed by atoms with E-state index in [0.29, 0.717) is 0 Å². The Morgan fingerprint density at radius 1 is 1.21 bits per heavy atom. The van der Waals surface area contributed by atoms with Crippen molar-refractivity contribution in [1.82, 2.24) is 4.57 Å². The highest BCUT2D eigenvalue weighted by molar-refractivity contribution is 5.29. The summed E-state index contributed by atoms with van der Waals surface area (Å²) in [4.78, 5) is 21.7. The van der Waals surface area contributed by atoms with Gasteiger partial charge in [-0.3, -0.25) is 14.9 Å². The van der Waals surface area contributed by atoms with Gasteiger partial charge in [-0.2, -0.15) is 0 Å². The Labute approximate surface area is 132 Å². The van der Waals surface area contributed by atoms with Crippen LogP contribution in [0, 0.1) is 10.1 Å². The minimum atomic E-state index is -4.82. The maximum absolute atomic E-state index is 12.1. The Kier molecular flexibility index (Phi) is 4.88. The maximum atomic E-state index is 12.1. The Morgan fingerprint density at radius 3 is 2.38 bits per heavy atom. The number of aliphatic hydroxyl groups excluding tert-OH is 1. The highest BCUT2D eigenvalue weighted by Crippen LogP contribution is 2.24.